The molecule has 0 aromatic carbocycles. The minimum Gasteiger partial charge on any atom is -0.319 e. The Morgan fingerprint density at radius 1 is 1.41 bits per heavy atom. The summed E-state index contributed by atoms with van der Waals surface area (Å²) in [5, 5.41) is 11.3. The fourth-order valence-electron chi connectivity index (χ4n) is 1.64. The van der Waals surface area contributed by atoms with Crippen molar-refractivity contribution in [2.45, 2.75) is 26.4 Å². The average Bonchev–Trinajstić information content (AvgIpc) is 2.74. The highest BCUT2D eigenvalue weighted by Gasteiger charge is 2.10. The third-order valence-electron chi connectivity index (χ3n) is 2.70. The lowest BCUT2D eigenvalue weighted by Gasteiger charge is -2.12. The molecule has 2 rings (SSSR count). The average molecular weight is 231 g/mol. The maximum Gasteiger partial charge on any atom is 0.149 e. The van der Waals surface area contributed by atoms with Gasteiger partial charge in [-0.25, -0.2) is 0 Å². The van der Waals surface area contributed by atoms with E-state index < -0.39 is 0 Å². The summed E-state index contributed by atoms with van der Waals surface area (Å²) in [6.45, 7) is 4.83. The van der Waals surface area contributed by atoms with Crippen molar-refractivity contribution in [1.82, 2.24) is 25.1 Å². The molecule has 2 heterocycles. The van der Waals surface area contributed by atoms with Crippen LogP contribution in [0, 0.1) is 6.92 Å². The predicted molar refractivity (Wildman–Crippen MR) is 65.2 cm³/mol. The largest absolute Gasteiger partial charge is 0.319 e. The topological polar surface area (TPSA) is 55.6 Å². The molecule has 0 aliphatic heterocycles. The Labute approximate surface area is 101 Å². The molecule has 0 fully saturated rings. The van der Waals surface area contributed by atoms with E-state index in [1.807, 2.05) is 30.8 Å². The van der Waals surface area contributed by atoms with E-state index in [0.717, 1.165) is 18.1 Å². The summed E-state index contributed by atoms with van der Waals surface area (Å²) >= 11 is 0. The standard InChI is InChI=1S/C12H17N5/c1-9-4-5-11(14-6-9)7-13-10(2)12-16-15-8-17(12)3/h4-6,8,10,13H,7H2,1-3H3. The van der Waals surface area contributed by atoms with Gasteiger partial charge in [0.15, 0.2) is 0 Å². The summed E-state index contributed by atoms with van der Waals surface area (Å²) in [6, 6.07) is 4.26. The Balaban J connectivity index is 1.94. The lowest BCUT2D eigenvalue weighted by atomic mass is 10.2. The highest BCUT2D eigenvalue weighted by Crippen LogP contribution is 2.08. The summed E-state index contributed by atoms with van der Waals surface area (Å²) in [7, 11) is 1.94. The number of aryl methyl sites for hydroxylation is 2. The first-order chi connectivity index (χ1) is 8.16. The second kappa shape index (κ2) is 5.05. The molecule has 0 saturated heterocycles. The van der Waals surface area contributed by atoms with Gasteiger partial charge in [0.05, 0.1) is 11.7 Å². The summed E-state index contributed by atoms with van der Waals surface area (Å²) in [6.07, 6.45) is 3.58. The number of rotatable bonds is 4. The normalized spacial score (nSPS) is 12.6. The van der Waals surface area contributed by atoms with Crippen LogP contribution in [0.4, 0.5) is 0 Å². The number of hydrogen-bond acceptors (Lipinski definition) is 4. The molecule has 0 bridgehead atoms. The molecule has 1 atom stereocenters. The van der Waals surface area contributed by atoms with Gasteiger partial charge >= 0.3 is 0 Å². The third-order valence-corrected chi connectivity index (χ3v) is 2.70. The molecule has 0 aliphatic rings. The number of aromatic nitrogens is 4. The zero-order valence-corrected chi connectivity index (χ0v) is 10.4. The van der Waals surface area contributed by atoms with Gasteiger partial charge in [-0.2, -0.15) is 0 Å². The zero-order chi connectivity index (χ0) is 12.3. The highest BCUT2D eigenvalue weighted by atomic mass is 15.3. The molecule has 1 N–H and O–H groups in total. The quantitative estimate of drug-likeness (QED) is 0.863. The van der Waals surface area contributed by atoms with E-state index in [2.05, 4.69) is 33.5 Å². The molecular weight excluding hydrogens is 214 g/mol. The molecule has 5 heteroatoms. The van der Waals surface area contributed by atoms with Gasteiger partial charge in [0, 0.05) is 19.8 Å². The minimum atomic E-state index is 0.158. The fourth-order valence-corrected chi connectivity index (χ4v) is 1.64. The molecule has 0 amide bonds. The maximum absolute atomic E-state index is 4.35. The summed E-state index contributed by atoms with van der Waals surface area (Å²) < 4.78 is 1.92. The predicted octanol–water partition coefficient (Wildman–Crippen LogP) is 1.37. The molecule has 0 spiro atoms. The van der Waals surface area contributed by atoms with Crippen molar-refractivity contribution in [3.8, 4) is 0 Å². The van der Waals surface area contributed by atoms with Crippen molar-refractivity contribution < 1.29 is 0 Å². The van der Waals surface area contributed by atoms with E-state index in [1.165, 1.54) is 5.56 Å². The van der Waals surface area contributed by atoms with Gasteiger partial charge in [0.25, 0.3) is 0 Å². The number of nitrogens with zero attached hydrogens (tertiary/aromatic N) is 4. The lowest BCUT2D eigenvalue weighted by Crippen LogP contribution is -2.21. The first-order valence-corrected chi connectivity index (χ1v) is 5.65. The number of hydrogen-bond donors (Lipinski definition) is 1. The second-order valence-electron chi connectivity index (χ2n) is 4.23. The Hall–Kier alpha value is -1.75. The van der Waals surface area contributed by atoms with Crippen LogP contribution in [0.5, 0.6) is 0 Å². The van der Waals surface area contributed by atoms with Gasteiger partial charge in [-0.15, -0.1) is 10.2 Å². The van der Waals surface area contributed by atoms with Gasteiger partial charge in [0.1, 0.15) is 12.2 Å². The molecule has 1 unspecified atom stereocenters. The van der Waals surface area contributed by atoms with Crippen molar-refractivity contribution in [3.63, 3.8) is 0 Å². The van der Waals surface area contributed by atoms with E-state index in [4.69, 9.17) is 0 Å². The first kappa shape index (κ1) is 11.7. The molecule has 2 aromatic rings. The van der Waals surface area contributed by atoms with Crippen molar-refractivity contribution in [3.05, 3.63) is 41.7 Å². The molecule has 0 saturated carbocycles. The molecule has 90 valence electrons. The van der Waals surface area contributed by atoms with Gasteiger partial charge < -0.3 is 9.88 Å². The van der Waals surface area contributed by atoms with Gasteiger partial charge in [0.2, 0.25) is 0 Å². The SMILES string of the molecule is Cc1ccc(CNC(C)c2nncn2C)nc1. The molecule has 5 nitrogen and oxygen atoms in total. The van der Waals surface area contributed by atoms with E-state index in [1.54, 1.807) is 6.33 Å². The van der Waals surface area contributed by atoms with E-state index in [9.17, 15) is 0 Å². The van der Waals surface area contributed by atoms with Gasteiger partial charge in [-0.1, -0.05) is 6.07 Å². The van der Waals surface area contributed by atoms with Crippen molar-refractivity contribution in [1.29, 1.82) is 0 Å². The Kier molecular flexibility index (Phi) is 3.49. The molecule has 0 aliphatic carbocycles. The molecule has 0 radical (unpaired) electrons. The Morgan fingerprint density at radius 3 is 2.82 bits per heavy atom. The Morgan fingerprint density at radius 2 is 2.24 bits per heavy atom. The van der Waals surface area contributed by atoms with Crippen molar-refractivity contribution >= 4 is 0 Å². The van der Waals surface area contributed by atoms with Gasteiger partial charge in [-0.05, 0) is 25.5 Å². The van der Waals surface area contributed by atoms with Crippen LogP contribution in [0.2, 0.25) is 0 Å². The number of nitrogens with one attached hydrogen (secondary N) is 1. The molecule has 2 aromatic heterocycles. The molecular formula is C12H17N5. The summed E-state index contributed by atoms with van der Waals surface area (Å²) in [5.74, 6) is 0.928. The monoisotopic (exact) mass is 231 g/mol. The Bertz CT molecular complexity index is 474. The van der Waals surface area contributed by atoms with Crippen LogP contribution < -0.4 is 5.32 Å². The van der Waals surface area contributed by atoms with Gasteiger partial charge in [-0.3, -0.25) is 4.98 Å². The van der Waals surface area contributed by atoms with Crippen molar-refractivity contribution in [2.24, 2.45) is 7.05 Å². The zero-order valence-electron chi connectivity index (χ0n) is 10.4. The van der Waals surface area contributed by atoms with Crippen LogP contribution in [-0.4, -0.2) is 19.7 Å². The van der Waals surface area contributed by atoms with Crippen LogP contribution in [0.15, 0.2) is 24.7 Å². The first-order valence-electron chi connectivity index (χ1n) is 5.65. The van der Waals surface area contributed by atoms with E-state index >= 15 is 0 Å². The van der Waals surface area contributed by atoms with Crippen LogP contribution >= 0.6 is 0 Å². The van der Waals surface area contributed by atoms with Crippen molar-refractivity contribution in [2.75, 3.05) is 0 Å². The maximum atomic E-state index is 4.35. The third kappa shape index (κ3) is 2.88. The lowest BCUT2D eigenvalue weighted by molar-refractivity contribution is 0.523. The second-order valence-corrected chi connectivity index (χ2v) is 4.23. The summed E-state index contributed by atoms with van der Waals surface area (Å²) in [4.78, 5) is 4.35. The fraction of sp³-hybridized carbons (Fsp3) is 0.417. The van der Waals surface area contributed by atoms with Crippen LogP contribution in [0.3, 0.4) is 0 Å². The van der Waals surface area contributed by atoms with Crippen LogP contribution in [0.25, 0.3) is 0 Å². The van der Waals surface area contributed by atoms with Crippen LogP contribution in [-0.2, 0) is 13.6 Å². The molecule has 17 heavy (non-hydrogen) atoms. The summed E-state index contributed by atoms with van der Waals surface area (Å²) in [5.41, 5.74) is 2.21. The highest BCUT2D eigenvalue weighted by molar-refractivity contribution is 5.12. The van der Waals surface area contributed by atoms with E-state index in [0.29, 0.717) is 0 Å². The van der Waals surface area contributed by atoms with E-state index in [-0.39, 0.29) is 6.04 Å². The van der Waals surface area contributed by atoms with Crippen LogP contribution in [0.1, 0.15) is 30.0 Å². The minimum absolute atomic E-state index is 0.158. The smallest absolute Gasteiger partial charge is 0.149 e. The number of pyridine rings is 1.